The first-order valence-corrected chi connectivity index (χ1v) is 9.79. The Morgan fingerprint density at radius 3 is 2.75 bits per heavy atom. The van der Waals surface area contributed by atoms with Crippen LogP contribution in [0.3, 0.4) is 0 Å². The lowest BCUT2D eigenvalue weighted by molar-refractivity contribution is 0.377. The molecule has 1 aliphatic carbocycles. The van der Waals surface area contributed by atoms with Crippen LogP contribution in [0.1, 0.15) is 50.9 Å². The van der Waals surface area contributed by atoms with Gasteiger partial charge in [0.2, 0.25) is 0 Å². The van der Waals surface area contributed by atoms with Crippen LogP contribution >= 0.6 is 27.7 Å². The Morgan fingerprint density at radius 2 is 2.10 bits per heavy atom. The third-order valence-electron chi connectivity index (χ3n) is 4.23. The van der Waals surface area contributed by atoms with Gasteiger partial charge >= 0.3 is 0 Å². The summed E-state index contributed by atoms with van der Waals surface area (Å²) < 4.78 is 3.33. The van der Waals surface area contributed by atoms with Gasteiger partial charge in [0, 0.05) is 24.4 Å². The topological polar surface area (TPSA) is 29.9 Å². The van der Waals surface area contributed by atoms with Gasteiger partial charge in [-0.2, -0.15) is 16.9 Å². The van der Waals surface area contributed by atoms with Crippen molar-refractivity contribution in [3.8, 4) is 0 Å². The van der Waals surface area contributed by atoms with Crippen LogP contribution in [-0.4, -0.2) is 27.3 Å². The summed E-state index contributed by atoms with van der Waals surface area (Å²) in [4.78, 5) is 0. The van der Waals surface area contributed by atoms with Crippen LogP contribution in [0.4, 0.5) is 0 Å². The molecule has 1 aromatic heterocycles. The van der Waals surface area contributed by atoms with Crippen molar-refractivity contribution in [2.45, 2.75) is 70.3 Å². The molecule has 0 amide bonds. The van der Waals surface area contributed by atoms with E-state index in [-0.39, 0.29) is 0 Å². The molecule has 2 unspecified atom stereocenters. The van der Waals surface area contributed by atoms with Crippen molar-refractivity contribution in [3.05, 3.63) is 15.9 Å². The second kappa shape index (κ2) is 7.85. The van der Waals surface area contributed by atoms with Gasteiger partial charge in [-0.1, -0.05) is 19.8 Å². The van der Waals surface area contributed by atoms with E-state index in [0.29, 0.717) is 6.04 Å². The predicted octanol–water partition coefficient (Wildman–Crippen LogP) is 3.99. The average molecular weight is 360 g/mol. The molecule has 5 heteroatoms. The molecule has 1 fully saturated rings. The van der Waals surface area contributed by atoms with E-state index in [1.165, 1.54) is 41.5 Å². The van der Waals surface area contributed by atoms with Gasteiger partial charge < -0.3 is 5.32 Å². The Hall–Kier alpha value is -0.000000000000000111. The molecule has 0 aromatic carbocycles. The monoisotopic (exact) mass is 359 g/mol. The first kappa shape index (κ1) is 16.4. The van der Waals surface area contributed by atoms with Crippen molar-refractivity contribution in [1.29, 1.82) is 0 Å². The Labute approximate surface area is 135 Å². The van der Waals surface area contributed by atoms with Crippen LogP contribution in [0.2, 0.25) is 0 Å². The molecule has 0 aliphatic heterocycles. The van der Waals surface area contributed by atoms with E-state index in [4.69, 9.17) is 0 Å². The molecule has 1 aromatic rings. The first-order valence-electron chi connectivity index (χ1n) is 7.71. The molecular formula is C15H26BrN3S. The van der Waals surface area contributed by atoms with E-state index in [0.717, 1.165) is 24.8 Å². The van der Waals surface area contributed by atoms with E-state index in [2.05, 4.69) is 51.1 Å². The van der Waals surface area contributed by atoms with Gasteiger partial charge in [-0.05, 0) is 48.4 Å². The summed E-state index contributed by atoms with van der Waals surface area (Å²) in [5.41, 5.74) is 2.48. The van der Waals surface area contributed by atoms with E-state index >= 15 is 0 Å². The number of aryl methyl sites for hydroxylation is 2. The summed E-state index contributed by atoms with van der Waals surface area (Å²) in [5, 5.41) is 9.22. The van der Waals surface area contributed by atoms with E-state index in [1.807, 2.05) is 11.8 Å². The molecule has 1 saturated carbocycles. The van der Waals surface area contributed by atoms with Crippen LogP contribution in [0.15, 0.2) is 4.47 Å². The highest BCUT2D eigenvalue weighted by atomic mass is 79.9. The number of rotatable bonds is 6. The second-order valence-electron chi connectivity index (χ2n) is 5.42. The van der Waals surface area contributed by atoms with E-state index in [1.54, 1.807) is 0 Å². The molecular weight excluding hydrogens is 334 g/mol. The SMILES string of the molecule is CCc1nn(CC)c(CNC2CCCCC2SC)c1Br. The molecule has 2 atom stereocenters. The summed E-state index contributed by atoms with van der Waals surface area (Å²) in [7, 11) is 0. The Kier molecular flexibility index (Phi) is 6.43. The number of nitrogens with one attached hydrogen (secondary N) is 1. The van der Waals surface area contributed by atoms with Gasteiger partial charge in [-0.3, -0.25) is 4.68 Å². The van der Waals surface area contributed by atoms with Gasteiger partial charge in [-0.15, -0.1) is 0 Å². The lowest BCUT2D eigenvalue weighted by atomic mass is 9.95. The van der Waals surface area contributed by atoms with Crippen molar-refractivity contribution in [2.24, 2.45) is 0 Å². The zero-order valence-electron chi connectivity index (χ0n) is 12.8. The Balaban J connectivity index is 2.04. The molecule has 3 nitrogen and oxygen atoms in total. The molecule has 1 N–H and O–H groups in total. The standard InChI is InChI=1S/C15H26BrN3S/c1-4-11-15(16)13(19(5-2)18-11)10-17-12-8-6-7-9-14(12)20-3/h12,14,17H,4-10H2,1-3H3. The fourth-order valence-corrected chi connectivity index (χ4v) is 4.69. The maximum Gasteiger partial charge on any atom is 0.0767 e. The molecule has 1 aliphatic rings. The summed E-state index contributed by atoms with van der Waals surface area (Å²) in [6.07, 6.45) is 8.64. The number of halogens is 1. The third kappa shape index (κ3) is 3.60. The van der Waals surface area contributed by atoms with Crippen molar-refractivity contribution < 1.29 is 0 Å². The molecule has 114 valence electrons. The van der Waals surface area contributed by atoms with Gasteiger partial charge in [0.05, 0.1) is 15.9 Å². The fourth-order valence-electron chi connectivity index (χ4n) is 3.03. The van der Waals surface area contributed by atoms with Crippen molar-refractivity contribution in [2.75, 3.05) is 6.26 Å². The van der Waals surface area contributed by atoms with Crippen LogP contribution in [-0.2, 0) is 19.5 Å². The maximum atomic E-state index is 4.67. The number of aromatic nitrogens is 2. The van der Waals surface area contributed by atoms with Crippen molar-refractivity contribution >= 4 is 27.7 Å². The molecule has 0 spiro atoms. The summed E-state index contributed by atoms with van der Waals surface area (Å²) in [6, 6.07) is 0.649. The number of hydrogen-bond donors (Lipinski definition) is 1. The highest BCUT2D eigenvalue weighted by Crippen LogP contribution is 2.28. The average Bonchev–Trinajstić information content (AvgIpc) is 2.81. The van der Waals surface area contributed by atoms with Gasteiger partial charge in [0.15, 0.2) is 0 Å². The van der Waals surface area contributed by atoms with E-state index in [9.17, 15) is 0 Å². The fraction of sp³-hybridized carbons (Fsp3) is 0.800. The van der Waals surface area contributed by atoms with Gasteiger partial charge in [0.25, 0.3) is 0 Å². The maximum absolute atomic E-state index is 4.67. The minimum Gasteiger partial charge on any atom is -0.307 e. The lowest BCUT2D eigenvalue weighted by Gasteiger charge is -2.31. The number of hydrogen-bond acceptors (Lipinski definition) is 3. The smallest absolute Gasteiger partial charge is 0.0767 e. The predicted molar refractivity (Wildman–Crippen MR) is 91.4 cm³/mol. The molecule has 1 heterocycles. The van der Waals surface area contributed by atoms with Crippen molar-refractivity contribution in [1.82, 2.24) is 15.1 Å². The van der Waals surface area contributed by atoms with Crippen LogP contribution < -0.4 is 5.32 Å². The van der Waals surface area contributed by atoms with Crippen LogP contribution in [0.25, 0.3) is 0 Å². The van der Waals surface area contributed by atoms with Crippen LogP contribution in [0.5, 0.6) is 0 Å². The quantitative estimate of drug-likeness (QED) is 0.832. The summed E-state index contributed by atoms with van der Waals surface area (Å²) >= 11 is 5.75. The molecule has 20 heavy (non-hydrogen) atoms. The van der Waals surface area contributed by atoms with Gasteiger partial charge in [0.1, 0.15) is 0 Å². The highest BCUT2D eigenvalue weighted by Gasteiger charge is 2.24. The zero-order chi connectivity index (χ0) is 14.5. The summed E-state index contributed by atoms with van der Waals surface area (Å²) in [5.74, 6) is 0. The largest absolute Gasteiger partial charge is 0.307 e. The third-order valence-corrected chi connectivity index (χ3v) is 6.32. The zero-order valence-corrected chi connectivity index (χ0v) is 15.2. The Bertz CT molecular complexity index is 433. The molecule has 0 bridgehead atoms. The minimum absolute atomic E-state index is 0.649. The minimum atomic E-state index is 0.649. The normalized spacial score (nSPS) is 23.2. The number of thioether (sulfide) groups is 1. The van der Waals surface area contributed by atoms with E-state index < -0.39 is 0 Å². The summed E-state index contributed by atoms with van der Waals surface area (Å²) in [6.45, 7) is 6.18. The first-order chi connectivity index (χ1) is 9.71. The molecule has 0 radical (unpaired) electrons. The number of nitrogens with zero attached hydrogens (tertiary/aromatic N) is 2. The Morgan fingerprint density at radius 1 is 1.35 bits per heavy atom. The molecule has 2 rings (SSSR count). The van der Waals surface area contributed by atoms with Crippen molar-refractivity contribution in [3.63, 3.8) is 0 Å². The molecule has 0 saturated heterocycles. The highest BCUT2D eigenvalue weighted by molar-refractivity contribution is 9.10. The van der Waals surface area contributed by atoms with Crippen LogP contribution in [0, 0.1) is 0 Å². The lowest BCUT2D eigenvalue weighted by Crippen LogP contribution is -2.40. The van der Waals surface area contributed by atoms with Gasteiger partial charge in [-0.25, -0.2) is 0 Å². The second-order valence-corrected chi connectivity index (χ2v) is 7.29.